The standard InChI is InChI=1S/C24H42O21.2K.H2O8S2/c25-1-6-10(29)14(33)17(36)21(40-6)39-4-9-12(31)15(34)18(37)22(42-9)43-19-16(35)11(30)7(2-26)41-23(19)45-24(5-28)20(38)13(32)8(3-27)44-24;;;1-9(2,3)7-8-10(4,5)6/h6-23,25-38H,1-5H2;;;(H,1,2,3)(H,4,5,6)/q;2*+1;/p-2/t6-,7-,8-,9-,10+,11-,12+,13-,14+,15+,16+,17-,18-,19-,20+,21+,22-,23-,24+;;;/m1.../s1. The Morgan fingerprint density at radius 2 is 0.947 bits per heavy atom. The molecule has 4 aliphatic rings. The first-order valence-electron chi connectivity index (χ1n) is 15.6. The molecule has 4 saturated heterocycles. The van der Waals surface area contributed by atoms with Gasteiger partial charge >= 0.3 is 103 Å². The molecule has 4 fully saturated rings. The van der Waals surface area contributed by atoms with Gasteiger partial charge in [-0.3, -0.25) is 0 Å². The van der Waals surface area contributed by atoms with Crippen molar-refractivity contribution in [2.45, 2.75) is 116 Å². The molecule has 4 aliphatic heterocycles. The summed E-state index contributed by atoms with van der Waals surface area (Å²) in [7, 11) is -10.6. The molecule has 0 unspecified atom stereocenters. The van der Waals surface area contributed by atoms with Crippen LogP contribution in [0.4, 0.5) is 0 Å². The molecule has 29 nitrogen and oxygen atoms in total. The first-order chi connectivity index (χ1) is 25.4. The molecule has 326 valence electrons. The van der Waals surface area contributed by atoms with Crippen molar-refractivity contribution in [1.29, 1.82) is 0 Å². The zero-order valence-electron chi connectivity index (χ0n) is 29.6. The molecule has 4 rings (SSSR count). The predicted octanol–water partition coefficient (Wildman–Crippen LogP) is -17.9. The van der Waals surface area contributed by atoms with Gasteiger partial charge in [-0.15, -0.1) is 8.67 Å². The van der Waals surface area contributed by atoms with Crippen molar-refractivity contribution >= 4 is 20.8 Å². The third-order valence-corrected chi connectivity index (χ3v) is 9.03. The van der Waals surface area contributed by atoms with Crippen molar-refractivity contribution in [3.05, 3.63) is 0 Å². The van der Waals surface area contributed by atoms with Gasteiger partial charge in [-0.1, -0.05) is 0 Å². The van der Waals surface area contributed by atoms with Gasteiger partial charge in [-0.25, -0.2) is 16.8 Å². The third-order valence-electron chi connectivity index (χ3n) is 8.47. The maximum Gasteiger partial charge on any atom is 1.00 e. The van der Waals surface area contributed by atoms with Crippen molar-refractivity contribution in [1.82, 2.24) is 0 Å². The summed E-state index contributed by atoms with van der Waals surface area (Å²) in [6.07, 6.45) is -32.3. The maximum absolute atomic E-state index is 10.9. The summed E-state index contributed by atoms with van der Waals surface area (Å²) in [4.78, 5) is 0. The van der Waals surface area contributed by atoms with E-state index in [1.165, 1.54) is 0 Å². The van der Waals surface area contributed by atoms with E-state index < -0.39 is 170 Å². The Morgan fingerprint density at radius 3 is 1.39 bits per heavy atom. The summed E-state index contributed by atoms with van der Waals surface area (Å²) in [5.74, 6) is -2.50. The van der Waals surface area contributed by atoms with Crippen LogP contribution < -0.4 is 103 Å². The van der Waals surface area contributed by atoms with Crippen LogP contribution in [-0.4, -0.2) is 247 Å². The molecule has 57 heavy (non-hydrogen) atoms. The second-order valence-corrected chi connectivity index (χ2v) is 14.1. The van der Waals surface area contributed by atoms with E-state index in [0.29, 0.717) is 0 Å². The molecule has 0 aliphatic carbocycles. The molecule has 0 aromatic heterocycles. The number of ether oxygens (including phenoxy) is 7. The Balaban J connectivity index is 0.00000119. The quantitative estimate of drug-likeness (QED) is 0.0253. The van der Waals surface area contributed by atoms with Crippen LogP contribution in [0.1, 0.15) is 0 Å². The van der Waals surface area contributed by atoms with E-state index in [0.717, 1.165) is 0 Å². The van der Waals surface area contributed by atoms with E-state index in [-0.39, 0.29) is 103 Å². The second-order valence-electron chi connectivity index (χ2n) is 12.2. The Kier molecular flexibility index (Phi) is 24.5. The van der Waals surface area contributed by atoms with E-state index in [1.807, 2.05) is 0 Å². The Labute approximate surface area is 407 Å². The van der Waals surface area contributed by atoms with Gasteiger partial charge in [-0.05, 0) is 0 Å². The second kappa shape index (κ2) is 24.5. The summed E-state index contributed by atoms with van der Waals surface area (Å²) in [5.41, 5.74) is 0. The van der Waals surface area contributed by atoms with Crippen molar-refractivity contribution in [2.75, 3.05) is 33.0 Å². The Morgan fingerprint density at radius 1 is 0.526 bits per heavy atom. The molecule has 0 amide bonds. The molecule has 33 heteroatoms. The largest absolute Gasteiger partial charge is 1.00 e. The van der Waals surface area contributed by atoms with Gasteiger partial charge in [0.05, 0.1) is 26.4 Å². The topological polar surface area (TPSA) is 481 Å². The molecule has 0 bridgehead atoms. The van der Waals surface area contributed by atoms with Crippen LogP contribution in [0.5, 0.6) is 0 Å². The van der Waals surface area contributed by atoms with Crippen molar-refractivity contribution < 1.29 is 242 Å². The first-order valence-corrected chi connectivity index (χ1v) is 18.2. The summed E-state index contributed by atoms with van der Waals surface area (Å²) in [5, 5.41) is 142. The van der Waals surface area contributed by atoms with Gasteiger partial charge in [0.25, 0.3) is 0 Å². The average molecular weight is 937 g/mol. The van der Waals surface area contributed by atoms with Gasteiger partial charge < -0.3 is 114 Å². The smallest absolute Gasteiger partial charge is 0.724 e. The van der Waals surface area contributed by atoms with Crippen LogP contribution in [0.15, 0.2) is 0 Å². The van der Waals surface area contributed by atoms with Crippen molar-refractivity contribution in [2.24, 2.45) is 0 Å². The van der Waals surface area contributed by atoms with E-state index in [4.69, 9.17) is 33.2 Å². The van der Waals surface area contributed by atoms with Crippen LogP contribution in [-0.2, 0) is 62.6 Å². The van der Waals surface area contributed by atoms with Crippen LogP contribution in [0.2, 0.25) is 0 Å². The normalized spacial score (nSPS) is 43.9. The zero-order valence-corrected chi connectivity index (χ0v) is 37.5. The fraction of sp³-hybridized carbons (Fsp3) is 1.00. The molecule has 0 aromatic carbocycles. The minimum Gasteiger partial charge on any atom is -0.724 e. The molecule has 4 heterocycles. The molecular weight excluding hydrogens is 895 g/mol. The van der Waals surface area contributed by atoms with E-state index >= 15 is 0 Å². The van der Waals surface area contributed by atoms with E-state index in [2.05, 4.69) is 8.67 Å². The monoisotopic (exact) mass is 936 g/mol. The van der Waals surface area contributed by atoms with Gasteiger partial charge in [0.1, 0.15) is 98.2 Å². The van der Waals surface area contributed by atoms with Crippen LogP contribution >= 0.6 is 0 Å². The van der Waals surface area contributed by atoms with Crippen molar-refractivity contribution in [3.63, 3.8) is 0 Å². The van der Waals surface area contributed by atoms with E-state index in [9.17, 15) is 97.4 Å². The molecule has 19 atom stereocenters. The van der Waals surface area contributed by atoms with Gasteiger partial charge in [0.15, 0.2) is 18.9 Å². The molecule has 0 saturated carbocycles. The number of rotatable bonds is 14. The van der Waals surface area contributed by atoms with Crippen molar-refractivity contribution in [3.8, 4) is 0 Å². The number of aliphatic hydroxyl groups is 14. The fourth-order valence-corrected chi connectivity index (χ4v) is 6.09. The fourth-order valence-electron chi connectivity index (χ4n) is 5.55. The number of hydrogen-bond donors (Lipinski definition) is 14. The first kappa shape index (κ1) is 57.2. The van der Waals surface area contributed by atoms with Gasteiger partial charge in [0.2, 0.25) is 26.6 Å². The average Bonchev–Trinajstić information content (AvgIpc) is 3.37. The number of hydrogen-bond acceptors (Lipinski definition) is 29. The molecule has 0 radical (unpaired) electrons. The van der Waals surface area contributed by atoms with Gasteiger partial charge in [0, 0.05) is 0 Å². The summed E-state index contributed by atoms with van der Waals surface area (Å²) in [6.45, 7) is -4.33. The molecular formula is C24H42K2O29S2. The number of aliphatic hydroxyl groups excluding tert-OH is 14. The van der Waals surface area contributed by atoms with Crippen LogP contribution in [0, 0.1) is 0 Å². The van der Waals surface area contributed by atoms with Crippen LogP contribution in [0.3, 0.4) is 0 Å². The SMILES string of the molecule is O=S(=O)([O-])OOS(=O)(=O)[O-].OC[C@H]1O[C@H](OC[C@H]2O[C@H](O[C@H]3[C@@H](O[C@]4(CO)O[C@H](CO)[C@@H](O)[C@@H]4O)O[C@H](CO)[C@@H](O)[C@@H]3O)[C@H](O)[C@@H](O)[C@H]2O)[C@H](O)[C@@H](O)[C@H]1O.[K+].[K+]. The summed E-state index contributed by atoms with van der Waals surface area (Å²) >= 11 is 0. The Hall–Kier alpha value is 2.17. The Bertz CT molecular complexity index is 1390. The van der Waals surface area contributed by atoms with Crippen LogP contribution in [0.25, 0.3) is 0 Å². The minimum absolute atomic E-state index is 0. The molecule has 0 spiro atoms. The zero-order chi connectivity index (χ0) is 41.8. The molecule has 14 N–H and O–H groups in total. The minimum atomic E-state index is -5.31. The van der Waals surface area contributed by atoms with Gasteiger partial charge in [-0.2, -0.15) is 0 Å². The third kappa shape index (κ3) is 14.9. The summed E-state index contributed by atoms with van der Waals surface area (Å²) in [6, 6.07) is 0. The summed E-state index contributed by atoms with van der Waals surface area (Å²) < 4.78 is 99.5. The predicted molar refractivity (Wildman–Crippen MR) is 155 cm³/mol. The van der Waals surface area contributed by atoms with E-state index in [1.54, 1.807) is 0 Å². The molecule has 0 aromatic rings. The maximum atomic E-state index is 10.9.